The number of carbonyl (C=O) groups is 4. The van der Waals surface area contributed by atoms with Gasteiger partial charge < -0.3 is 33.8 Å². The van der Waals surface area contributed by atoms with Gasteiger partial charge in [0, 0.05) is 25.7 Å². The fourth-order valence-electron chi connectivity index (χ4n) is 9.84. The van der Waals surface area contributed by atoms with E-state index < -0.39 is 97.5 Å². The summed E-state index contributed by atoms with van der Waals surface area (Å²) in [5, 5.41) is 10.6. The zero-order valence-corrected chi connectivity index (χ0v) is 58.3. The Kier molecular flexibility index (Phi) is 59.1. The Morgan fingerprint density at radius 2 is 0.670 bits per heavy atom. The minimum absolute atomic E-state index is 0.0845. The third-order valence-electron chi connectivity index (χ3n) is 15.7. The average molecular weight is 1290 g/mol. The molecule has 0 rings (SSSR count). The first-order chi connectivity index (χ1) is 42.4. The lowest BCUT2D eigenvalue weighted by molar-refractivity contribution is -0.161. The molecule has 0 aromatic carbocycles. The van der Waals surface area contributed by atoms with E-state index in [0.717, 1.165) is 115 Å². The second-order valence-electron chi connectivity index (χ2n) is 24.9. The maximum absolute atomic E-state index is 13.0. The van der Waals surface area contributed by atoms with Crippen LogP contribution in [0.2, 0.25) is 0 Å². The van der Waals surface area contributed by atoms with Gasteiger partial charge in [0.2, 0.25) is 0 Å². The van der Waals surface area contributed by atoms with Gasteiger partial charge in [-0.05, 0) is 63.2 Å². The first-order valence-electron chi connectivity index (χ1n) is 35.3. The summed E-state index contributed by atoms with van der Waals surface area (Å²) in [6, 6.07) is 0. The number of phosphoric ester groups is 2. The number of hydrogen-bond donors (Lipinski definition) is 3. The molecule has 19 heteroatoms. The van der Waals surface area contributed by atoms with E-state index in [1.807, 2.05) is 0 Å². The molecule has 0 amide bonds. The first kappa shape index (κ1) is 85.5. The van der Waals surface area contributed by atoms with Crippen molar-refractivity contribution in [2.24, 2.45) is 11.8 Å². The van der Waals surface area contributed by atoms with Gasteiger partial charge in [-0.15, -0.1) is 0 Å². The summed E-state index contributed by atoms with van der Waals surface area (Å²) in [5.74, 6) is -0.685. The Balaban J connectivity index is 5.29. The number of carbonyl (C=O) groups excluding carboxylic acids is 4. The average Bonchev–Trinajstić information content (AvgIpc) is 3.67. The molecule has 0 aromatic rings. The molecular weight excluding hydrogens is 1160 g/mol. The third kappa shape index (κ3) is 61.1. The van der Waals surface area contributed by atoms with Crippen molar-refractivity contribution in [3.8, 4) is 0 Å². The molecule has 3 unspecified atom stereocenters. The SMILES string of the molecule is CCCCCC/C=C\C=C/CCCCCCCC(=O)O[C@H](COC(=O)CCCCCCCCCCCCC(C)C)COP(=O)(O)OC[C@@H](O)COP(=O)(O)OC[C@@H](COC(=O)CCCCCCCCCCCC)OC(=O)CCCCCCCCC(C)CC. The molecule has 0 aliphatic carbocycles. The van der Waals surface area contributed by atoms with E-state index in [9.17, 15) is 43.2 Å². The van der Waals surface area contributed by atoms with E-state index in [-0.39, 0.29) is 25.7 Å². The van der Waals surface area contributed by atoms with Crippen molar-refractivity contribution in [1.82, 2.24) is 0 Å². The van der Waals surface area contributed by atoms with Gasteiger partial charge in [0.15, 0.2) is 12.2 Å². The zero-order chi connectivity index (χ0) is 65.0. The van der Waals surface area contributed by atoms with E-state index in [4.69, 9.17) is 37.0 Å². The summed E-state index contributed by atoms with van der Waals surface area (Å²) in [4.78, 5) is 72.4. The molecule has 6 atom stereocenters. The van der Waals surface area contributed by atoms with Crippen molar-refractivity contribution in [3.63, 3.8) is 0 Å². The highest BCUT2D eigenvalue weighted by Crippen LogP contribution is 2.45. The fraction of sp³-hybridized carbons (Fsp3) is 0.884. The van der Waals surface area contributed by atoms with Crippen LogP contribution < -0.4 is 0 Å². The van der Waals surface area contributed by atoms with Gasteiger partial charge in [-0.1, -0.05) is 271 Å². The second kappa shape index (κ2) is 60.8. The summed E-state index contributed by atoms with van der Waals surface area (Å²) < 4.78 is 68.1. The molecule has 0 aromatic heterocycles. The van der Waals surface area contributed by atoms with Crippen molar-refractivity contribution in [3.05, 3.63) is 24.3 Å². The van der Waals surface area contributed by atoms with E-state index in [0.29, 0.717) is 25.7 Å². The highest BCUT2D eigenvalue weighted by atomic mass is 31.2. The van der Waals surface area contributed by atoms with E-state index in [2.05, 4.69) is 65.8 Å². The Morgan fingerprint density at radius 1 is 0.375 bits per heavy atom. The Labute approximate surface area is 535 Å². The lowest BCUT2D eigenvalue weighted by Crippen LogP contribution is -2.30. The first-order valence-corrected chi connectivity index (χ1v) is 38.3. The molecule has 3 N–H and O–H groups in total. The molecule has 88 heavy (non-hydrogen) atoms. The summed E-state index contributed by atoms with van der Waals surface area (Å²) in [6.07, 6.45) is 48.0. The van der Waals surface area contributed by atoms with Gasteiger partial charge in [0.1, 0.15) is 19.3 Å². The van der Waals surface area contributed by atoms with Crippen LogP contribution in [0.5, 0.6) is 0 Å². The Morgan fingerprint density at radius 3 is 1.02 bits per heavy atom. The predicted molar refractivity (Wildman–Crippen MR) is 354 cm³/mol. The summed E-state index contributed by atoms with van der Waals surface area (Å²) >= 11 is 0. The van der Waals surface area contributed by atoms with Crippen LogP contribution in [-0.2, 0) is 65.4 Å². The van der Waals surface area contributed by atoms with Gasteiger partial charge >= 0.3 is 39.5 Å². The van der Waals surface area contributed by atoms with Crippen LogP contribution >= 0.6 is 15.6 Å². The van der Waals surface area contributed by atoms with Crippen molar-refractivity contribution < 1.29 is 80.2 Å². The zero-order valence-electron chi connectivity index (χ0n) is 56.5. The second-order valence-corrected chi connectivity index (χ2v) is 27.9. The standard InChI is InChI=1S/C69H130O17P2/c1-7-10-12-14-16-18-20-21-22-23-24-30-34-41-47-53-68(73)85-64(57-79-67(72)52-46-40-33-29-26-25-27-31-37-43-49-61(4)5)59-83-87(75,76)81-55-63(70)56-82-88(77,78)84-60-65(86-69(74)54-48-42-36-35-38-44-50-62(6)9-3)58-80-66(71)51-45-39-32-28-19-17-15-13-11-8-2/h18,20-22,61-65,70H,7-17,19,23-60H2,1-6H3,(H,75,76)(H,77,78)/b20-18-,22-21-/t62?,63-,64-,65-/m1/s1. The summed E-state index contributed by atoms with van der Waals surface area (Å²) in [5.41, 5.74) is 0. The number of phosphoric acid groups is 2. The highest BCUT2D eigenvalue weighted by molar-refractivity contribution is 7.47. The Bertz CT molecular complexity index is 1810. The van der Waals surface area contributed by atoms with Crippen LogP contribution in [0.1, 0.15) is 324 Å². The molecule has 0 fully saturated rings. The predicted octanol–water partition coefficient (Wildman–Crippen LogP) is 19.2. The van der Waals surface area contributed by atoms with Crippen LogP contribution in [0.25, 0.3) is 0 Å². The largest absolute Gasteiger partial charge is 0.472 e. The molecule has 0 bridgehead atoms. The van der Waals surface area contributed by atoms with E-state index in [1.54, 1.807) is 0 Å². The number of esters is 4. The molecular formula is C69H130O17P2. The highest BCUT2D eigenvalue weighted by Gasteiger charge is 2.30. The van der Waals surface area contributed by atoms with Crippen molar-refractivity contribution in [1.29, 1.82) is 0 Å². The van der Waals surface area contributed by atoms with Crippen LogP contribution in [0.3, 0.4) is 0 Å². The molecule has 0 radical (unpaired) electrons. The maximum atomic E-state index is 13.0. The quantitative estimate of drug-likeness (QED) is 0.0169. The molecule has 0 spiro atoms. The molecule has 0 heterocycles. The van der Waals surface area contributed by atoms with Gasteiger partial charge in [-0.3, -0.25) is 37.3 Å². The van der Waals surface area contributed by atoms with Gasteiger partial charge in [-0.2, -0.15) is 0 Å². The van der Waals surface area contributed by atoms with Gasteiger partial charge in [0.25, 0.3) is 0 Å². The minimum Gasteiger partial charge on any atom is -0.462 e. The van der Waals surface area contributed by atoms with Crippen LogP contribution in [0.15, 0.2) is 24.3 Å². The molecule has 17 nitrogen and oxygen atoms in total. The number of rotatable bonds is 66. The number of unbranched alkanes of at least 4 members (excludes halogenated alkanes) is 32. The molecule has 0 aliphatic rings. The molecule has 518 valence electrons. The van der Waals surface area contributed by atoms with Crippen LogP contribution in [-0.4, -0.2) is 96.7 Å². The lowest BCUT2D eigenvalue weighted by Gasteiger charge is -2.21. The molecule has 0 saturated heterocycles. The van der Waals surface area contributed by atoms with Crippen molar-refractivity contribution >= 4 is 39.5 Å². The van der Waals surface area contributed by atoms with Gasteiger partial charge in [-0.25, -0.2) is 9.13 Å². The van der Waals surface area contributed by atoms with Gasteiger partial charge in [0.05, 0.1) is 26.4 Å². The number of hydrogen-bond acceptors (Lipinski definition) is 15. The molecule has 0 aliphatic heterocycles. The maximum Gasteiger partial charge on any atom is 0.472 e. The smallest absolute Gasteiger partial charge is 0.462 e. The molecule has 0 saturated carbocycles. The monoisotopic (exact) mass is 1290 g/mol. The lowest BCUT2D eigenvalue weighted by atomic mass is 10.00. The minimum atomic E-state index is -4.96. The van der Waals surface area contributed by atoms with Crippen molar-refractivity contribution in [2.75, 3.05) is 39.6 Å². The third-order valence-corrected chi connectivity index (χ3v) is 17.6. The number of aliphatic hydroxyl groups is 1. The normalized spacial score (nSPS) is 14.7. The van der Waals surface area contributed by atoms with E-state index >= 15 is 0 Å². The number of aliphatic hydroxyl groups excluding tert-OH is 1. The van der Waals surface area contributed by atoms with E-state index in [1.165, 1.54) is 128 Å². The number of ether oxygens (including phenoxy) is 4. The van der Waals surface area contributed by atoms with Crippen LogP contribution in [0.4, 0.5) is 0 Å². The van der Waals surface area contributed by atoms with Crippen molar-refractivity contribution in [2.45, 2.75) is 342 Å². The number of allylic oxidation sites excluding steroid dienone is 4. The fourth-order valence-corrected chi connectivity index (χ4v) is 11.4. The van der Waals surface area contributed by atoms with Crippen LogP contribution in [0, 0.1) is 11.8 Å². The summed E-state index contributed by atoms with van der Waals surface area (Å²) in [7, 11) is -9.91. The topological polar surface area (TPSA) is 237 Å². The Hall–Kier alpha value is -2.46. The summed E-state index contributed by atoms with van der Waals surface area (Å²) in [6.45, 7) is 9.40.